The summed E-state index contributed by atoms with van der Waals surface area (Å²) in [5.74, 6) is 0.326. The minimum atomic E-state index is 0.326. The second-order valence-corrected chi connectivity index (χ2v) is 5.23. The highest BCUT2D eigenvalue weighted by atomic mass is 16.3. The number of aromatic nitrogens is 2. The Labute approximate surface area is 129 Å². The molecule has 2 aromatic carbocycles. The third-order valence-corrected chi connectivity index (χ3v) is 3.60. The minimum Gasteiger partial charge on any atom is -0.508 e. The third-order valence-electron chi connectivity index (χ3n) is 3.60. The Hall–Kier alpha value is -2.53. The van der Waals surface area contributed by atoms with E-state index in [1.807, 2.05) is 30.5 Å². The maximum atomic E-state index is 9.41. The molecule has 0 aliphatic carbocycles. The molecule has 1 heterocycles. The summed E-state index contributed by atoms with van der Waals surface area (Å²) in [5, 5.41) is 24.4. The fourth-order valence-corrected chi connectivity index (χ4v) is 2.48. The van der Waals surface area contributed by atoms with Gasteiger partial charge in [0.2, 0.25) is 0 Å². The van der Waals surface area contributed by atoms with E-state index in [-0.39, 0.29) is 0 Å². The van der Waals surface area contributed by atoms with E-state index in [9.17, 15) is 5.11 Å². The number of rotatable bonds is 7. The Balaban J connectivity index is 1.40. The summed E-state index contributed by atoms with van der Waals surface area (Å²) in [4.78, 5) is 0. The monoisotopic (exact) mass is 296 g/mol. The first-order valence-corrected chi connectivity index (χ1v) is 7.47. The zero-order chi connectivity index (χ0) is 15.2. The first kappa shape index (κ1) is 14.4. The zero-order valence-electron chi connectivity index (χ0n) is 12.3. The molecule has 0 unspecified atom stereocenters. The molecule has 0 saturated heterocycles. The summed E-state index contributed by atoms with van der Waals surface area (Å²) in [6.07, 6.45) is 2.75. The summed E-state index contributed by atoms with van der Waals surface area (Å²) in [7, 11) is 0. The fourth-order valence-electron chi connectivity index (χ4n) is 2.48. The first-order chi connectivity index (χ1) is 10.8. The highest BCUT2D eigenvalue weighted by Crippen LogP contribution is 2.20. The second-order valence-electron chi connectivity index (χ2n) is 5.23. The van der Waals surface area contributed by atoms with E-state index in [1.54, 1.807) is 12.1 Å². The fraction of sp³-hybridized carbons (Fsp3) is 0.235. The molecule has 3 rings (SSSR count). The Morgan fingerprint density at radius 3 is 2.86 bits per heavy atom. The molecule has 0 radical (unpaired) electrons. The van der Waals surface area contributed by atoms with E-state index in [0.717, 1.165) is 48.2 Å². The van der Waals surface area contributed by atoms with Gasteiger partial charge in [0.25, 0.3) is 0 Å². The van der Waals surface area contributed by atoms with Crippen LogP contribution in [-0.2, 0) is 6.42 Å². The summed E-state index contributed by atoms with van der Waals surface area (Å²) < 4.78 is 0. The summed E-state index contributed by atoms with van der Waals surface area (Å²) in [6.45, 7) is 2.62. The molecule has 0 bridgehead atoms. The number of phenols is 1. The number of hydrogen-bond donors (Lipinski definition) is 4. The van der Waals surface area contributed by atoms with E-state index < -0.39 is 0 Å². The van der Waals surface area contributed by atoms with Crippen LogP contribution in [0, 0.1) is 0 Å². The van der Waals surface area contributed by atoms with Crippen molar-refractivity contribution in [2.75, 3.05) is 25.0 Å². The van der Waals surface area contributed by atoms with Gasteiger partial charge in [-0.15, -0.1) is 0 Å². The van der Waals surface area contributed by atoms with Crippen molar-refractivity contribution in [2.45, 2.75) is 6.42 Å². The lowest BCUT2D eigenvalue weighted by molar-refractivity contribution is 0.474. The zero-order valence-corrected chi connectivity index (χ0v) is 12.3. The van der Waals surface area contributed by atoms with Crippen LogP contribution in [0.2, 0.25) is 0 Å². The Bertz CT molecular complexity index is 738. The molecule has 0 aliphatic rings. The van der Waals surface area contributed by atoms with E-state index >= 15 is 0 Å². The quantitative estimate of drug-likeness (QED) is 0.506. The number of nitrogens with one attached hydrogen (secondary N) is 3. The van der Waals surface area contributed by atoms with Gasteiger partial charge in [0.05, 0.1) is 11.7 Å². The van der Waals surface area contributed by atoms with Crippen LogP contribution in [0.15, 0.2) is 48.7 Å². The molecular formula is C17H20N4O. The number of anilines is 1. The molecule has 22 heavy (non-hydrogen) atoms. The van der Waals surface area contributed by atoms with Gasteiger partial charge in [-0.1, -0.05) is 18.2 Å². The SMILES string of the molecule is Oc1cccc(CCNCCNc2cccc3[nH]ncc23)c1. The van der Waals surface area contributed by atoms with Crippen LogP contribution in [-0.4, -0.2) is 34.9 Å². The molecule has 3 aromatic rings. The van der Waals surface area contributed by atoms with Crippen LogP contribution in [0.1, 0.15) is 5.56 Å². The predicted octanol–water partition coefficient (Wildman–Crippen LogP) is 2.51. The Kier molecular flexibility index (Phi) is 4.56. The van der Waals surface area contributed by atoms with Gasteiger partial charge in [0.15, 0.2) is 0 Å². The van der Waals surface area contributed by atoms with Crippen molar-refractivity contribution in [3.05, 3.63) is 54.2 Å². The van der Waals surface area contributed by atoms with Gasteiger partial charge in [0, 0.05) is 24.2 Å². The lowest BCUT2D eigenvalue weighted by Gasteiger charge is -2.09. The van der Waals surface area contributed by atoms with Gasteiger partial charge in [-0.05, 0) is 42.8 Å². The summed E-state index contributed by atoms with van der Waals surface area (Å²) >= 11 is 0. The number of nitrogens with zero attached hydrogens (tertiary/aromatic N) is 1. The molecule has 0 spiro atoms. The number of aromatic amines is 1. The highest BCUT2D eigenvalue weighted by Gasteiger charge is 2.01. The van der Waals surface area contributed by atoms with Crippen LogP contribution >= 0.6 is 0 Å². The number of aromatic hydroxyl groups is 1. The maximum Gasteiger partial charge on any atom is 0.115 e. The average Bonchev–Trinajstić information content (AvgIpc) is 3.00. The second kappa shape index (κ2) is 6.95. The van der Waals surface area contributed by atoms with Crippen LogP contribution in [0.3, 0.4) is 0 Å². The molecular weight excluding hydrogens is 276 g/mol. The molecule has 0 atom stereocenters. The average molecular weight is 296 g/mol. The molecule has 0 saturated carbocycles. The van der Waals surface area contributed by atoms with E-state index in [4.69, 9.17) is 0 Å². The van der Waals surface area contributed by atoms with Crippen molar-refractivity contribution in [2.24, 2.45) is 0 Å². The Morgan fingerprint density at radius 1 is 1.05 bits per heavy atom. The molecule has 4 N–H and O–H groups in total. The van der Waals surface area contributed by atoms with Crippen molar-refractivity contribution < 1.29 is 5.11 Å². The predicted molar refractivity (Wildman–Crippen MR) is 89.3 cm³/mol. The van der Waals surface area contributed by atoms with Crippen molar-refractivity contribution >= 4 is 16.6 Å². The van der Waals surface area contributed by atoms with Crippen LogP contribution < -0.4 is 10.6 Å². The van der Waals surface area contributed by atoms with Gasteiger partial charge >= 0.3 is 0 Å². The number of fused-ring (bicyclic) bond motifs is 1. The smallest absolute Gasteiger partial charge is 0.115 e. The van der Waals surface area contributed by atoms with Crippen molar-refractivity contribution in [1.82, 2.24) is 15.5 Å². The highest BCUT2D eigenvalue weighted by molar-refractivity contribution is 5.90. The van der Waals surface area contributed by atoms with Crippen molar-refractivity contribution in [3.8, 4) is 5.75 Å². The third kappa shape index (κ3) is 3.56. The Morgan fingerprint density at radius 2 is 1.95 bits per heavy atom. The number of hydrogen-bond acceptors (Lipinski definition) is 4. The molecule has 114 valence electrons. The lowest BCUT2D eigenvalue weighted by atomic mass is 10.1. The maximum absolute atomic E-state index is 9.41. The van der Waals surface area contributed by atoms with Crippen molar-refractivity contribution in [1.29, 1.82) is 0 Å². The molecule has 0 amide bonds. The van der Waals surface area contributed by atoms with Gasteiger partial charge in [-0.3, -0.25) is 5.10 Å². The lowest BCUT2D eigenvalue weighted by Crippen LogP contribution is -2.24. The molecule has 0 fully saturated rings. The standard InChI is InChI=1S/C17H20N4O/c22-14-4-1-3-13(11-14)7-8-18-9-10-19-16-5-2-6-17-15(16)12-20-21-17/h1-6,11-12,18-19,22H,7-10H2,(H,20,21). The van der Waals surface area contributed by atoms with Crippen LogP contribution in [0.5, 0.6) is 5.75 Å². The molecule has 0 aliphatic heterocycles. The van der Waals surface area contributed by atoms with Crippen molar-refractivity contribution in [3.63, 3.8) is 0 Å². The van der Waals surface area contributed by atoms with E-state index in [1.165, 1.54) is 0 Å². The topological polar surface area (TPSA) is 73.0 Å². The van der Waals surface area contributed by atoms with Crippen LogP contribution in [0.4, 0.5) is 5.69 Å². The first-order valence-electron chi connectivity index (χ1n) is 7.47. The van der Waals surface area contributed by atoms with Crippen LogP contribution in [0.25, 0.3) is 10.9 Å². The number of phenolic OH excluding ortho intramolecular Hbond substituents is 1. The molecule has 1 aromatic heterocycles. The normalized spacial score (nSPS) is 10.9. The molecule has 5 heteroatoms. The van der Waals surface area contributed by atoms with Gasteiger partial charge in [-0.25, -0.2) is 0 Å². The summed E-state index contributed by atoms with van der Waals surface area (Å²) in [6, 6.07) is 13.5. The summed E-state index contributed by atoms with van der Waals surface area (Å²) in [5.41, 5.74) is 3.28. The number of H-pyrrole nitrogens is 1. The minimum absolute atomic E-state index is 0.326. The van der Waals surface area contributed by atoms with E-state index in [2.05, 4.69) is 26.9 Å². The van der Waals surface area contributed by atoms with E-state index in [0.29, 0.717) is 5.75 Å². The van der Waals surface area contributed by atoms with Gasteiger partial charge in [-0.2, -0.15) is 5.10 Å². The largest absolute Gasteiger partial charge is 0.508 e. The van der Waals surface area contributed by atoms with Gasteiger partial charge in [0.1, 0.15) is 5.75 Å². The molecule has 5 nitrogen and oxygen atoms in total. The van der Waals surface area contributed by atoms with Gasteiger partial charge < -0.3 is 15.7 Å². The number of benzene rings is 2.